The summed E-state index contributed by atoms with van der Waals surface area (Å²) in [5.74, 6) is -0.308. The summed E-state index contributed by atoms with van der Waals surface area (Å²) >= 11 is 0. The molecule has 3 rings (SSSR count). The van der Waals surface area contributed by atoms with Crippen LogP contribution in [-0.2, 0) is 18.0 Å². The molecule has 0 N–H and O–H groups in total. The van der Waals surface area contributed by atoms with Gasteiger partial charge in [-0.3, -0.25) is 0 Å². The molecule has 4 heteroatoms. The number of benzene rings is 3. The molecule has 0 fully saturated rings. The largest absolute Gasteiger partial charge is 0.488 e. The van der Waals surface area contributed by atoms with E-state index in [0.29, 0.717) is 11.3 Å². The van der Waals surface area contributed by atoms with Crippen LogP contribution >= 0.6 is 0 Å². The van der Waals surface area contributed by atoms with Gasteiger partial charge in [-0.25, -0.2) is 9.18 Å². The normalized spacial score (nSPS) is 10.3. The second kappa shape index (κ2) is 8.11. The minimum atomic E-state index is -0.446. The first kappa shape index (κ1) is 16.7. The Kier molecular flexibility index (Phi) is 5.42. The van der Waals surface area contributed by atoms with Crippen LogP contribution in [0.25, 0.3) is 0 Å². The van der Waals surface area contributed by atoms with Crippen molar-refractivity contribution in [3.05, 3.63) is 101 Å². The summed E-state index contributed by atoms with van der Waals surface area (Å²) in [4.78, 5) is 12.3. The van der Waals surface area contributed by atoms with E-state index in [-0.39, 0.29) is 19.0 Å². The summed E-state index contributed by atoms with van der Waals surface area (Å²) in [6.45, 7) is 0.440. The molecule has 3 aromatic carbocycles. The van der Waals surface area contributed by atoms with E-state index in [1.54, 1.807) is 36.4 Å². The van der Waals surface area contributed by atoms with E-state index in [1.807, 2.05) is 30.3 Å². The number of carbonyl (C=O) groups excluding carboxylic acids is 1. The number of esters is 1. The van der Waals surface area contributed by atoms with Crippen molar-refractivity contribution in [1.82, 2.24) is 0 Å². The summed E-state index contributed by atoms with van der Waals surface area (Å²) in [6.07, 6.45) is 0. The Morgan fingerprint density at radius 2 is 1.40 bits per heavy atom. The molecule has 0 bridgehead atoms. The van der Waals surface area contributed by atoms with Gasteiger partial charge in [0.1, 0.15) is 30.3 Å². The molecule has 25 heavy (non-hydrogen) atoms. The third kappa shape index (κ3) is 4.67. The van der Waals surface area contributed by atoms with Crippen LogP contribution in [0.4, 0.5) is 4.39 Å². The summed E-state index contributed by atoms with van der Waals surface area (Å²) < 4.78 is 24.0. The second-order valence-electron chi connectivity index (χ2n) is 5.47. The van der Waals surface area contributed by atoms with Crippen LogP contribution in [0.2, 0.25) is 0 Å². The predicted octanol–water partition coefficient (Wildman–Crippen LogP) is 4.76. The van der Waals surface area contributed by atoms with Gasteiger partial charge in [0.2, 0.25) is 0 Å². The summed E-state index contributed by atoms with van der Waals surface area (Å²) in [5.41, 5.74) is 2.09. The number of ether oxygens (including phenoxy) is 2. The highest BCUT2D eigenvalue weighted by Crippen LogP contribution is 2.21. The summed E-state index contributed by atoms with van der Waals surface area (Å²) in [7, 11) is 0. The Hall–Kier alpha value is -3.14. The van der Waals surface area contributed by atoms with Gasteiger partial charge >= 0.3 is 5.97 Å². The molecule has 0 atom stereocenters. The van der Waals surface area contributed by atoms with Gasteiger partial charge < -0.3 is 9.47 Å². The van der Waals surface area contributed by atoms with Crippen LogP contribution in [0, 0.1) is 5.82 Å². The van der Waals surface area contributed by atoms with Crippen molar-refractivity contribution in [2.45, 2.75) is 13.2 Å². The minimum absolute atomic E-state index is 0.200. The number of hydrogen-bond donors (Lipinski definition) is 0. The molecule has 0 saturated carbocycles. The quantitative estimate of drug-likeness (QED) is 0.609. The van der Waals surface area contributed by atoms with Crippen LogP contribution in [0.15, 0.2) is 78.9 Å². The van der Waals surface area contributed by atoms with Crippen molar-refractivity contribution >= 4 is 5.97 Å². The SMILES string of the molecule is O=C(OCc1ccccc1)c1ccccc1OCc1ccc(F)cc1. The van der Waals surface area contributed by atoms with Gasteiger partial charge in [0.15, 0.2) is 0 Å². The zero-order valence-corrected chi connectivity index (χ0v) is 13.5. The van der Waals surface area contributed by atoms with Gasteiger partial charge in [0, 0.05) is 0 Å². The zero-order chi connectivity index (χ0) is 17.5. The average Bonchev–Trinajstić information content (AvgIpc) is 2.67. The highest BCUT2D eigenvalue weighted by atomic mass is 19.1. The van der Waals surface area contributed by atoms with E-state index >= 15 is 0 Å². The fourth-order valence-corrected chi connectivity index (χ4v) is 2.30. The molecule has 0 spiro atoms. The standard InChI is InChI=1S/C21H17FO3/c22-18-12-10-17(11-13-18)14-24-20-9-5-4-8-19(20)21(23)25-15-16-6-2-1-3-7-16/h1-13H,14-15H2. The fraction of sp³-hybridized carbons (Fsp3) is 0.0952. The van der Waals surface area contributed by atoms with Crippen LogP contribution in [0.3, 0.4) is 0 Å². The van der Waals surface area contributed by atoms with Crippen molar-refractivity contribution < 1.29 is 18.7 Å². The molecule has 3 aromatic rings. The Morgan fingerprint density at radius 3 is 2.16 bits per heavy atom. The van der Waals surface area contributed by atoms with Gasteiger partial charge in [0.05, 0.1) is 0 Å². The van der Waals surface area contributed by atoms with E-state index in [2.05, 4.69) is 0 Å². The van der Waals surface area contributed by atoms with Crippen molar-refractivity contribution in [3.8, 4) is 5.75 Å². The molecule has 0 unspecified atom stereocenters. The molecule has 0 aromatic heterocycles. The second-order valence-corrected chi connectivity index (χ2v) is 5.47. The lowest BCUT2D eigenvalue weighted by Crippen LogP contribution is -2.08. The highest BCUT2D eigenvalue weighted by Gasteiger charge is 2.14. The minimum Gasteiger partial charge on any atom is -0.488 e. The zero-order valence-electron chi connectivity index (χ0n) is 13.5. The topological polar surface area (TPSA) is 35.5 Å². The Labute approximate surface area is 145 Å². The monoisotopic (exact) mass is 336 g/mol. The first-order valence-corrected chi connectivity index (χ1v) is 7.90. The first-order valence-electron chi connectivity index (χ1n) is 7.90. The van der Waals surface area contributed by atoms with E-state index < -0.39 is 5.97 Å². The van der Waals surface area contributed by atoms with E-state index in [4.69, 9.17) is 9.47 Å². The Bertz CT molecular complexity index is 829. The van der Waals surface area contributed by atoms with Crippen molar-refractivity contribution in [2.24, 2.45) is 0 Å². The third-order valence-electron chi connectivity index (χ3n) is 3.63. The summed E-state index contributed by atoms with van der Waals surface area (Å²) in [6, 6.07) is 22.4. The maximum atomic E-state index is 12.9. The molecule has 0 saturated heterocycles. The molecule has 0 aliphatic carbocycles. The molecule has 0 aliphatic rings. The molecule has 0 heterocycles. The number of rotatable bonds is 6. The lowest BCUT2D eigenvalue weighted by Gasteiger charge is -2.11. The van der Waals surface area contributed by atoms with Crippen LogP contribution < -0.4 is 4.74 Å². The van der Waals surface area contributed by atoms with Crippen molar-refractivity contribution in [1.29, 1.82) is 0 Å². The van der Waals surface area contributed by atoms with Crippen LogP contribution in [0.1, 0.15) is 21.5 Å². The summed E-state index contributed by atoms with van der Waals surface area (Å²) in [5, 5.41) is 0. The average molecular weight is 336 g/mol. The first-order chi connectivity index (χ1) is 12.2. The number of hydrogen-bond acceptors (Lipinski definition) is 3. The van der Waals surface area contributed by atoms with Gasteiger partial charge in [-0.1, -0.05) is 54.6 Å². The molecule has 0 aliphatic heterocycles. The Morgan fingerprint density at radius 1 is 0.760 bits per heavy atom. The molecule has 126 valence electrons. The molecule has 3 nitrogen and oxygen atoms in total. The van der Waals surface area contributed by atoms with E-state index in [0.717, 1.165) is 11.1 Å². The predicted molar refractivity (Wildman–Crippen MR) is 92.7 cm³/mol. The maximum Gasteiger partial charge on any atom is 0.342 e. The molecule has 0 amide bonds. The number of halogens is 1. The van der Waals surface area contributed by atoms with Crippen molar-refractivity contribution in [2.75, 3.05) is 0 Å². The Balaban J connectivity index is 1.65. The lowest BCUT2D eigenvalue weighted by molar-refractivity contribution is 0.0467. The van der Waals surface area contributed by atoms with Gasteiger partial charge in [-0.15, -0.1) is 0 Å². The third-order valence-corrected chi connectivity index (χ3v) is 3.63. The number of carbonyl (C=O) groups is 1. The van der Waals surface area contributed by atoms with E-state index in [9.17, 15) is 9.18 Å². The molecule has 0 radical (unpaired) electrons. The van der Waals surface area contributed by atoms with E-state index in [1.165, 1.54) is 12.1 Å². The van der Waals surface area contributed by atoms with Gasteiger partial charge in [-0.2, -0.15) is 0 Å². The molecular formula is C21H17FO3. The van der Waals surface area contributed by atoms with Gasteiger partial charge in [0.25, 0.3) is 0 Å². The lowest BCUT2D eigenvalue weighted by atomic mass is 10.2. The van der Waals surface area contributed by atoms with Crippen molar-refractivity contribution in [3.63, 3.8) is 0 Å². The highest BCUT2D eigenvalue weighted by molar-refractivity contribution is 5.92. The maximum absolute atomic E-state index is 12.9. The fourth-order valence-electron chi connectivity index (χ4n) is 2.30. The van der Waals surface area contributed by atoms with Crippen LogP contribution in [-0.4, -0.2) is 5.97 Å². The smallest absolute Gasteiger partial charge is 0.342 e. The molecular weight excluding hydrogens is 319 g/mol. The van der Waals surface area contributed by atoms with Crippen LogP contribution in [0.5, 0.6) is 5.75 Å². The van der Waals surface area contributed by atoms with Gasteiger partial charge in [-0.05, 0) is 35.4 Å². The number of para-hydroxylation sites is 1.